The molecule has 0 aromatic carbocycles. The maximum Gasteiger partial charge on any atom is 0.140 e. The Balaban J connectivity index is 1.89. The zero-order chi connectivity index (χ0) is 9.86. The van der Waals surface area contributed by atoms with Crippen LogP contribution < -0.4 is 5.32 Å². The number of rotatable bonds is 3. The molecule has 0 saturated heterocycles. The topological polar surface area (TPSA) is 29.1 Å². The highest BCUT2D eigenvalue weighted by Crippen LogP contribution is 2.30. The molecule has 2 rings (SSSR count). The van der Waals surface area contributed by atoms with E-state index >= 15 is 0 Å². The number of carbonyl (C=O) groups is 1. The van der Waals surface area contributed by atoms with E-state index in [1.54, 1.807) is 0 Å². The fourth-order valence-electron chi connectivity index (χ4n) is 2.96. The molecule has 2 fully saturated rings. The van der Waals surface area contributed by atoms with Crippen LogP contribution in [0.1, 0.15) is 57.8 Å². The lowest BCUT2D eigenvalue weighted by atomic mass is 9.91. The van der Waals surface area contributed by atoms with Crippen LogP contribution in [0, 0.1) is 0 Å². The number of aldehydes is 1. The third-order valence-corrected chi connectivity index (χ3v) is 3.82. The average Bonchev–Trinajstić information content (AvgIpc) is 2.69. The maximum absolute atomic E-state index is 11.1. The summed E-state index contributed by atoms with van der Waals surface area (Å²) in [7, 11) is 0. The summed E-state index contributed by atoms with van der Waals surface area (Å²) in [6, 6.07) is 0.618. The highest BCUT2D eigenvalue weighted by Gasteiger charge is 2.35. The minimum Gasteiger partial charge on any atom is -0.302 e. The van der Waals surface area contributed by atoms with Crippen molar-refractivity contribution in [2.24, 2.45) is 0 Å². The highest BCUT2D eigenvalue weighted by molar-refractivity contribution is 5.64. The Morgan fingerprint density at radius 1 is 1.00 bits per heavy atom. The second-order valence-electron chi connectivity index (χ2n) is 4.96. The van der Waals surface area contributed by atoms with Gasteiger partial charge in [0.1, 0.15) is 6.29 Å². The van der Waals surface area contributed by atoms with Crippen LogP contribution in [0.2, 0.25) is 0 Å². The molecule has 0 aromatic rings. The average molecular weight is 195 g/mol. The molecule has 2 saturated carbocycles. The summed E-state index contributed by atoms with van der Waals surface area (Å²) in [5.41, 5.74) is -0.137. The summed E-state index contributed by atoms with van der Waals surface area (Å²) in [6.07, 6.45) is 12.3. The van der Waals surface area contributed by atoms with Gasteiger partial charge in [-0.15, -0.1) is 0 Å². The first-order valence-electron chi connectivity index (χ1n) is 6.09. The Bertz CT molecular complexity index is 190. The molecular formula is C12H21NO. The summed E-state index contributed by atoms with van der Waals surface area (Å²) in [5, 5.41) is 3.61. The second kappa shape index (κ2) is 4.43. The van der Waals surface area contributed by atoms with E-state index in [-0.39, 0.29) is 5.54 Å². The van der Waals surface area contributed by atoms with Crippen molar-refractivity contribution in [2.45, 2.75) is 69.4 Å². The summed E-state index contributed by atoms with van der Waals surface area (Å²) in [4.78, 5) is 11.1. The summed E-state index contributed by atoms with van der Waals surface area (Å²) >= 11 is 0. The van der Waals surface area contributed by atoms with E-state index in [0.717, 1.165) is 12.8 Å². The molecule has 2 aliphatic carbocycles. The molecule has 1 N–H and O–H groups in total. The molecule has 0 aliphatic heterocycles. The van der Waals surface area contributed by atoms with Crippen molar-refractivity contribution in [3.8, 4) is 0 Å². The maximum atomic E-state index is 11.1. The van der Waals surface area contributed by atoms with Gasteiger partial charge >= 0.3 is 0 Å². The fraction of sp³-hybridized carbons (Fsp3) is 0.917. The van der Waals surface area contributed by atoms with E-state index in [4.69, 9.17) is 0 Å². The van der Waals surface area contributed by atoms with Gasteiger partial charge in [-0.05, 0) is 25.7 Å². The first-order chi connectivity index (χ1) is 6.85. The second-order valence-corrected chi connectivity index (χ2v) is 4.96. The zero-order valence-corrected chi connectivity index (χ0v) is 8.93. The van der Waals surface area contributed by atoms with Gasteiger partial charge in [-0.25, -0.2) is 0 Å². The van der Waals surface area contributed by atoms with Crippen LogP contribution in [0.4, 0.5) is 0 Å². The zero-order valence-electron chi connectivity index (χ0n) is 8.93. The van der Waals surface area contributed by atoms with E-state index in [1.165, 1.54) is 51.2 Å². The molecule has 2 nitrogen and oxygen atoms in total. The third-order valence-electron chi connectivity index (χ3n) is 3.82. The van der Waals surface area contributed by atoms with Crippen molar-refractivity contribution >= 4 is 6.29 Å². The van der Waals surface area contributed by atoms with Gasteiger partial charge in [-0.2, -0.15) is 0 Å². The number of nitrogens with one attached hydrogen (secondary N) is 1. The van der Waals surface area contributed by atoms with Crippen LogP contribution in [0.15, 0.2) is 0 Å². The third kappa shape index (κ3) is 2.17. The largest absolute Gasteiger partial charge is 0.302 e. The molecule has 2 aliphatic rings. The Morgan fingerprint density at radius 3 is 2.21 bits per heavy atom. The molecule has 0 amide bonds. The predicted octanol–water partition coefficient (Wildman–Crippen LogP) is 2.42. The quantitative estimate of drug-likeness (QED) is 0.701. The lowest BCUT2D eigenvalue weighted by molar-refractivity contribution is -0.113. The SMILES string of the molecule is O=CC1(NC2CCCCC2)CCCC1. The van der Waals surface area contributed by atoms with E-state index in [0.29, 0.717) is 6.04 Å². The molecule has 0 unspecified atom stereocenters. The molecule has 2 heteroatoms. The van der Waals surface area contributed by atoms with Crippen molar-refractivity contribution in [3.63, 3.8) is 0 Å². The van der Waals surface area contributed by atoms with Gasteiger partial charge in [-0.1, -0.05) is 32.1 Å². The minimum atomic E-state index is -0.137. The van der Waals surface area contributed by atoms with E-state index in [9.17, 15) is 4.79 Å². The summed E-state index contributed by atoms with van der Waals surface area (Å²) in [5.74, 6) is 0. The van der Waals surface area contributed by atoms with Crippen molar-refractivity contribution in [1.82, 2.24) is 5.32 Å². The van der Waals surface area contributed by atoms with Gasteiger partial charge in [0.25, 0.3) is 0 Å². The van der Waals surface area contributed by atoms with Crippen LogP contribution >= 0.6 is 0 Å². The van der Waals surface area contributed by atoms with Crippen molar-refractivity contribution in [1.29, 1.82) is 0 Å². The Kier molecular flexibility index (Phi) is 3.22. The molecular weight excluding hydrogens is 174 g/mol. The number of carbonyl (C=O) groups excluding carboxylic acids is 1. The molecule has 80 valence electrons. The van der Waals surface area contributed by atoms with E-state index in [1.807, 2.05) is 0 Å². The lowest BCUT2D eigenvalue weighted by Gasteiger charge is -2.32. The van der Waals surface area contributed by atoms with Gasteiger partial charge in [0, 0.05) is 6.04 Å². The van der Waals surface area contributed by atoms with Gasteiger partial charge in [0.2, 0.25) is 0 Å². The van der Waals surface area contributed by atoms with Crippen LogP contribution in [0.5, 0.6) is 0 Å². The molecule has 0 spiro atoms. The Hall–Kier alpha value is -0.370. The minimum absolute atomic E-state index is 0.137. The monoisotopic (exact) mass is 195 g/mol. The van der Waals surface area contributed by atoms with Crippen molar-refractivity contribution < 1.29 is 4.79 Å². The van der Waals surface area contributed by atoms with Crippen molar-refractivity contribution in [3.05, 3.63) is 0 Å². The first kappa shape index (κ1) is 10.2. The van der Waals surface area contributed by atoms with Crippen molar-refractivity contribution in [2.75, 3.05) is 0 Å². The van der Waals surface area contributed by atoms with Crippen LogP contribution in [-0.4, -0.2) is 17.9 Å². The lowest BCUT2D eigenvalue weighted by Crippen LogP contribution is -2.50. The van der Waals surface area contributed by atoms with Crippen LogP contribution in [0.3, 0.4) is 0 Å². The van der Waals surface area contributed by atoms with Crippen LogP contribution in [-0.2, 0) is 4.79 Å². The van der Waals surface area contributed by atoms with E-state index < -0.39 is 0 Å². The fourth-order valence-corrected chi connectivity index (χ4v) is 2.96. The van der Waals surface area contributed by atoms with E-state index in [2.05, 4.69) is 5.32 Å². The highest BCUT2D eigenvalue weighted by atomic mass is 16.1. The van der Waals surface area contributed by atoms with Gasteiger partial charge in [0.15, 0.2) is 0 Å². The number of hydrogen-bond acceptors (Lipinski definition) is 2. The first-order valence-corrected chi connectivity index (χ1v) is 6.09. The van der Waals surface area contributed by atoms with Gasteiger partial charge in [-0.3, -0.25) is 0 Å². The predicted molar refractivity (Wildman–Crippen MR) is 57.3 cm³/mol. The summed E-state index contributed by atoms with van der Waals surface area (Å²) < 4.78 is 0. The Morgan fingerprint density at radius 2 is 1.64 bits per heavy atom. The summed E-state index contributed by atoms with van der Waals surface area (Å²) in [6.45, 7) is 0. The molecule has 14 heavy (non-hydrogen) atoms. The molecule has 0 radical (unpaired) electrons. The normalized spacial score (nSPS) is 27.7. The molecule has 0 heterocycles. The molecule has 0 bridgehead atoms. The standard InChI is InChI=1S/C12H21NO/c14-10-12(8-4-5-9-12)13-11-6-2-1-3-7-11/h10-11,13H,1-9H2. The van der Waals surface area contributed by atoms with Crippen LogP contribution in [0.25, 0.3) is 0 Å². The smallest absolute Gasteiger partial charge is 0.140 e. The Labute approximate surface area is 86.5 Å². The number of hydrogen-bond donors (Lipinski definition) is 1. The molecule has 0 aromatic heterocycles. The van der Waals surface area contributed by atoms with Gasteiger partial charge in [0.05, 0.1) is 5.54 Å². The van der Waals surface area contributed by atoms with Gasteiger partial charge < -0.3 is 10.1 Å². The molecule has 0 atom stereocenters.